The van der Waals surface area contributed by atoms with Gasteiger partial charge in [0.1, 0.15) is 5.41 Å². The lowest BCUT2D eigenvalue weighted by Crippen LogP contribution is -2.58. The van der Waals surface area contributed by atoms with E-state index in [1.165, 1.54) is 44.9 Å². The minimum absolute atomic E-state index is 0.0222. The highest BCUT2D eigenvalue weighted by Gasteiger charge is 2.59. The first-order chi connectivity index (χ1) is 17.8. The lowest BCUT2D eigenvalue weighted by molar-refractivity contribution is -0.194. The van der Waals surface area contributed by atoms with Crippen molar-refractivity contribution < 1.29 is 24.9 Å². The largest absolute Gasteiger partial charge is 0.481 e. The predicted octanol–water partition coefficient (Wildman–Crippen LogP) is 9.69. The summed E-state index contributed by atoms with van der Waals surface area (Å²) in [6.07, 6.45) is 23.7. The third kappa shape index (κ3) is 14.6. The number of carboxylic acid groups (broad SMARTS) is 2. The SMILES string of the molecule is CCCCCCCCCCCCC(CCCCCCCC)(C(=O)O)C(O)(CCCCCCCC)C(=O)O. The summed E-state index contributed by atoms with van der Waals surface area (Å²) in [6.45, 7) is 6.54. The summed E-state index contributed by atoms with van der Waals surface area (Å²) < 4.78 is 0. The normalized spacial score (nSPS) is 14.8. The molecule has 2 atom stereocenters. The van der Waals surface area contributed by atoms with E-state index in [2.05, 4.69) is 20.8 Å². The standard InChI is InChI=1S/C32H62O5/c1-4-7-10-13-16-17-18-19-21-24-27-31(29(33)34,26-23-20-14-11-8-5-2)32(37,30(35)36)28-25-22-15-12-9-6-3/h37H,4-28H2,1-3H3,(H,33,34)(H,35,36). The van der Waals surface area contributed by atoms with Crippen LogP contribution in [0.2, 0.25) is 0 Å². The molecule has 0 radical (unpaired) electrons. The molecular weight excluding hydrogens is 464 g/mol. The maximum atomic E-state index is 12.8. The molecule has 0 fully saturated rings. The van der Waals surface area contributed by atoms with E-state index in [9.17, 15) is 24.9 Å². The average Bonchev–Trinajstić information content (AvgIpc) is 2.87. The lowest BCUT2D eigenvalue weighted by atomic mass is 9.63. The third-order valence-corrected chi connectivity index (χ3v) is 8.36. The van der Waals surface area contributed by atoms with Gasteiger partial charge in [0.15, 0.2) is 5.60 Å². The zero-order valence-corrected chi connectivity index (χ0v) is 24.8. The number of hydrogen-bond acceptors (Lipinski definition) is 3. The first-order valence-corrected chi connectivity index (χ1v) is 16.0. The van der Waals surface area contributed by atoms with Crippen molar-refractivity contribution in [1.29, 1.82) is 0 Å². The molecule has 0 rings (SSSR count). The van der Waals surface area contributed by atoms with E-state index in [4.69, 9.17) is 0 Å². The van der Waals surface area contributed by atoms with Crippen LogP contribution in [0, 0.1) is 5.41 Å². The van der Waals surface area contributed by atoms with E-state index in [-0.39, 0.29) is 19.3 Å². The van der Waals surface area contributed by atoms with Gasteiger partial charge in [-0.2, -0.15) is 0 Å². The molecule has 37 heavy (non-hydrogen) atoms. The van der Waals surface area contributed by atoms with E-state index < -0.39 is 23.0 Å². The van der Waals surface area contributed by atoms with Gasteiger partial charge < -0.3 is 15.3 Å². The molecule has 2 unspecified atom stereocenters. The van der Waals surface area contributed by atoms with E-state index in [1.54, 1.807) is 0 Å². The van der Waals surface area contributed by atoms with Crippen LogP contribution in [0.15, 0.2) is 0 Å². The summed E-state index contributed by atoms with van der Waals surface area (Å²) in [5, 5.41) is 32.2. The molecule has 0 aromatic carbocycles. The van der Waals surface area contributed by atoms with Gasteiger partial charge in [0.25, 0.3) is 0 Å². The Morgan fingerprint density at radius 1 is 0.432 bits per heavy atom. The summed E-state index contributed by atoms with van der Waals surface area (Å²) in [7, 11) is 0. The lowest BCUT2D eigenvalue weighted by Gasteiger charge is -2.42. The molecule has 5 heteroatoms. The van der Waals surface area contributed by atoms with Crippen molar-refractivity contribution >= 4 is 11.9 Å². The first kappa shape index (κ1) is 35.9. The van der Waals surface area contributed by atoms with Gasteiger partial charge in [-0.05, 0) is 25.7 Å². The second-order valence-corrected chi connectivity index (χ2v) is 11.5. The van der Waals surface area contributed by atoms with Crippen molar-refractivity contribution in [2.45, 2.75) is 187 Å². The zero-order chi connectivity index (χ0) is 27.8. The zero-order valence-electron chi connectivity index (χ0n) is 24.8. The van der Waals surface area contributed by atoms with Gasteiger partial charge in [-0.1, -0.05) is 156 Å². The Kier molecular flexibility index (Phi) is 22.2. The molecule has 0 aliphatic carbocycles. The van der Waals surface area contributed by atoms with E-state index >= 15 is 0 Å². The minimum atomic E-state index is -2.22. The average molecular weight is 527 g/mol. The van der Waals surface area contributed by atoms with Gasteiger partial charge in [-0.25, -0.2) is 4.79 Å². The number of rotatable bonds is 28. The molecular formula is C32H62O5. The fourth-order valence-electron chi connectivity index (χ4n) is 5.76. The molecule has 0 bridgehead atoms. The number of aliphatic hydroxyl groups is 1. The topological polar surface area (TPSA) is 94.8 Å². The second-order valence-electron chi connectivity index (χ2n) is 11.5. The van der Waals surface area contributed by atoms with Gasteiger partial charge in [0.2, 0.25) is 0 Å². The summed E-state index contributed by atoms with van der Waals surface area (Å²) in [5.74, 6) is -2.49. The molecule has 5 nitrogen and oxygen atoms in total. The number of hydrogen-bond donors (Lipinski definition) is 3. The second kappa shape index (κ2) is 22.8. The Balaban J connectivity index is 5.18. The first-order valence-electron chi connectivity index (χ1n) is 16.0. The molecule has 0 aliphatic heterocycles. The maximum Gasteiger partial charge on any atom is 0.336 e. The van der Waals surface area contributed by atoms with Crippen LogP contribution in [0.1, 0.15) is 181 Å². The molecule has 3 N–H and O–H groups in total. The Morgan fingerprint density at radius 2 is 0.703 bits per heavy atom. The van der Waals surface area contributed by atoms with Gasteiger partial charge in [0.05, 0.1) is 0 Å². The number of aliphatic carboxylic acids is 2. The summed E-state index contributed by atoms with van der Waals surface area (Å²) in [6, 6.07) is 0. The highest BCUT2D eigenvalue weighted by molar-refractivity contribution is 5.88. The fourth-order valence-corrected chi connectivity index (χ4v) is 5.76. The fraction of sp³-hybridized carbons (Fsp3) is 0.938. The van der Waals surface area contributed by atoms with Crippen molar-refractivity contribution in [3.05, 3.63) is 0 Å². The molecule has 0 aliphatic rings. The Labute approximate surface area is 229 Å². The van der Waals surface area contributed by atoms with Crippen LogP contribution < -0.4 is 0 Å². The Bertz CT molecular complexity index is 563. The number of carbonyl (C=O) groups is 2. The van der Waals surface area contributed by atoms with E-state index in [1.807, 2.05) is 0 Å². The van der Waals surface area contributed by atoms with Crippen molar-refractivity contribution in [2.24, 2.45) is 5.41 Å². The molecule has 0 heterocycles. The monoisotopic (exact) mass is 526 g/mol. The van der Waals surface area contributed by atoms with Crippen LogP contribution >= 0.6 is 0 Å². The van der Waals surface area contributed by atoms with Crippen LogP contribution in [0.4, 0.5) is 0 Å². The van der Waals surface area contributed by atoms with Gasteiger partial charge >= 0.3 is 11.9 Å². The van der Waals surface area contributed by atoms with Crippen molar-refractivity contribution in [3.63, 3.8) is 0 Å². The molecule has 0 saturated carbocycles. The molecule has 220 valence electrons. The van der Waals surface area contributed by atoms with E-state index in [0.29, 0.717) is 19.3 Å². The highest BCUT2D eigenvalue weighted by atomic mass is 16.4. The highest BCUT2D eigenvalue weighted by Crippen LogP contribution is 2.45. The predicted molar refractivity (Wildman–Crippen MR) is 155 cm³/mol. The Hall–Kier alpha value is -1.10. The van der Waals surface area contributed by atoms with Crippen molar-refractivity contribution in [3.8, 4) is 0 Å². The Morgan fingerprint density at radius 3 is 0.973 bits per heavy atom. The molecule has 0 saturated heterocycles. The van der Waals surface area contributed by atoms with Gasteiger partial charge in [-0.15, -0.1) is 0 Å². The summed E-state index contributed by atoms with van der Waals surface area (Å²) >= 11 is 0. The van der Waals surface area contributed by atoms with Crippen molar-refractivity contribution in [1.82, 2.24) is 0 Å². The summed E-state index contributed by atoms with van der Waals surface area (Å²) in [4.78, 5) is 25.3. The number of carboxylic acids is 2. The van der Waals surface area contributed by atoms with Crippen LogP contribution in [-0.4, -0.2) is 32.9 Å². The quantitative estimate of drug-likeness (QED) is 0.0882. The van der Waals surface area contributed by atoms with Crippen LogP contribution in [0.3, 0.4) is 0 Å². The van der Waals surface area contributed by atoms with Crippen LogP contribution in [0.25, 0.3) is 0 Å². The van der Waals surface area contributed by atoms with Gasteiger partial charge in [-0.3, -0.25) is 4.79 Å². The van der Waals surface area contributed by atoms with Crippen molar-refractivity contribution in [2.75, 3.05) is 0 Å². The molecule has 0 aromatic rings. The number of unbranched alkanes of at least 4 members (excludes halogenated alkanes) is 19. The molecule has 0 spiro atoms. The molecule has 0 amide bonds. The molecule has 0 aromatic heterocycles. The summed E-state index contributed by atoms with van der Waals surface area (Å²) in [5.41, 5.74) is -3.83. The van der Waals surface area contributed by atoms with E-state index in [0.717, 1.165) is 77.0 Å². The van der Waals surface area contributed by atoms with Crippen LogP contribution in [-0.2, 0) is 9.59 Å². The van der Waals surface area contributed by atoms with Crippen LogP contribution in [0.5, 0.6) is 0 Å². The maximum absolute atomic E-state index is 12.8. The minimum Gasteiger partial charge on any atom is -0.481 e. The smallest absolute Gasteiger partial charge is 0.336 e. The third-order valence-electron chi connectivity index (χ3n) is 8.36. The van der Waals surface area contributed by atoms with Gasteiger partial charge in [0, 0.05) is 0 Å².